The van der Waals surface area contributed by atoms with E-state index in [9.17, 15) is 9.59 Å². The number of hydrogen-bond donors (Lipinski definition) is 2. The molecule has 2 rings (SSSR count). The Bertz CT molecular complexity index is 529. The summed E-state index contributed by atoms with van der Waals surface area (Å²) in [5.41, 5.74) is 1.87. The molecule has 0 saturated heterocycles. The van der Waals surface area contributed by atoms with E-state index in [0.717, 1.165) is 18.5 Å². The quantitative estimate of drug-likeness (QED) is 0.800. The van der Waals surface area contributed by atoms with Gasteiger partial charge in [-0.05, 0) is 44.7 Å². The lowest BCUT2D eigenvalue weighted by atomic mass is 10.00. The van der Waals surface area contributed by atoms with Crippen LogP contribution < -0.4 is 10.9 Å². The average Bonchev–Trinajstić information content (AvgIpc) is 2.37. The minimum Gasteiger partial charge on any atom is -0.348 e. The summed E-state index contributed by atoms with van der Waals surface area (Å²) in [7, 11) is 0. The lowest BCUT2D eigenvalue weighted by Crippen LogP contribution is -2.31. The molecule has 0 spiro atoms. The maximum Gasteiger partial charge on any atom is 0.260 e. The Morgan fingerprint density at radius 1 is 1.39 bits per heavy atom. The first-order valence-electron chi connectivity index (χ1n) is 6.33. The molecule has 1 aromatic heterocycles. The van der Waals surface area contributed by atoms with Crippen LogP contribution in [0.15, 0.2) is 28.6 Å². The van der Waals surface area contributed by atoms with Gasteiger partial charge < -0.3 is 10.3 Å². The standard InChI is InChI=1S/C14H18N2O2/c1-10-7-8-12(14(18)16-10)13(17)15-9-11-5-3-2-4-6-11/h5,7-8H,2-4,6,9H2,1H3,(H,15,17)(H,16,18). The minimum atomic E-state index is -0.329. The molecule has 1 heterocycles. The SMILES string of the molecule is Cc1ccc(C(=O)NCC2=CCCCC2)c(=O)[nH]1. The molecule has 0 aliphatic heterocycles. The Morgan fingerprint density at radius 2 is 2.22 bits per heavy atom. The van der Waals surface area contributed by atoms with Gasteiger partial charge in [0.2, 0.25) is 0 Å². The molecule has 18 heavy (non-hydrogen) atoms. The molecule has 96 valence electrons. The van der Waals surface area contributed by atoms with Gasteiger partial charge in [-0.1, -0.05) is 11.6 Å². The molecule has 4 heteroatoms. The van der Waals surface area contributed by atoms with E-state index < -0.39 is 0 Å². The fraction of sp³-hybridized carbons (Fsp3) is 0.429. The van der Waals surface area contributed by atoms with Gasteiger partial charge in [0.05, 0.1) is 0 Å². The second kappa shape index (κ2) is 5.67. The highest BCUT2D eigenvalue weighted by Gasteiger charge is 2.11. The predicted molar refractivity (Wildman–Crippen MR) is 70.7 cm³/mol. The highest BCUT2D eigenvalue weighted by atomic mass is 16.2. The van der Waals surface area contributed by atoms with Crippen LogP contribution in [0, 0.1) is 6.92 Å². The van der Waals surface area contributed by atoms with Gasteiger partial charge in [-0.25, -0.2) is 0 Å². The summed E-state index contributed by atoms with van der Waals surface area (Å²) in [6, 6.07) is 3.30. The first-order chi connectivity index (χ1) is 8.66. The van der Waals surface area contributed by atoms with Crippen LogP contribution in [0.3, 0.4) is 0 Å². The topological polar surface area (TPSA) is 62.0 Å². The summed E-state index contributed by atoms with van der Waals surface area (Å²) in [6.07, 6.45) is 6.74. The van der Waals surface area contributed by atoms with Crippen molar-refractivity contribution >= 4 is 5.91 Å². The second-order valence-corrected chi connectivity index (χ2v) is 4.67. The molecule has 1 aliphatic carbocycles. The number of allylic oxidation sites excluding steroid dienone is 1. The van der Waals surface area contributed by atoms with Gasteiger partial charge in [-0.3, -0.25) is 9.59 Å². The molecule has 0 fully saturated rings. The van der Waals surface area contributed by atoms with Crippen molar-refractivity contribution in [3.8, 4) is 0 Å². The van der Waals surface area contributed by atoms with Gasteiger partial charge >= 0.3 is 0 Å². The van der Waals surface area contributed by atoms with E-state index in [-0.39, 0.29) is 17.0 Å². The highest BCUT2D eigenvalue weighted by Crippen LogP contribution is 2.16. The van der Waals surface area contributed by atoms with Crippen LogP contribution >= 0.6 is 0 Å². The van der Waals surface area contributed by atoms with Crippen molar-refractivity contribution in [1.82, 2.24) is 10.3 Å². The maximum absolute atomic E-state index is 11.9. The first-order valence-corrected chi connectivity index (χ1v) is 6.33. The van der Waals surface area contributed by atoms with Crippen molar-refractivity contribution in [2.75, 3.05) is 6.54 Å². The van der Waals surface area contributed by atoms with E-state index >= 15 is 0 Å². The Morgan fingerprint density at radius 3 is 2.89 bits per heavy atom. The van der Waals surface area contributed by atoms with Gasteiger partial charge in [0.15, 0.2) is 0 Å². The number of aromatic nitrogens is 1. The Balaban J connectivity index is 1.99. The zero-order valence-electron chi connectivity index (χ0n) is 10.6. The molecular weight excluding hydrogens is 228 g/mol. The van der Waals surface area contributed by atoms with E-state index in [1.165, 1.54) is 18.4 Å². The number of aromatic amines is 1. The van der Waals surface area contributed by atoms with Crippen molar-refractivity contribution in [3.05, 3.63) is 45.4 Å². The van der Waals surface area contributed by atoms with Crippen LogP contribution in [0.5, 0.6) is 0 Å². The fourth-order valence-corrected chi connectivity index (χ4v) is 2.11. The third-order valence-corrected chi connectivity index (χ3v) is 3.16. The van der Waals surface area contributed by atoms with Crippen molar-refractivity contribution in [1.29, 1.82) is 0 Å². The summed E-state index contributed by atoms with van der Waals surface area (Å²) in [5, 5.41) is 2.80. The van der Waals surface area contributed by atoms with Crippen LogP contribution in [-0.2, 0) is 0 Å². The highest BCUT2D eigenvalue weighted by molar-refractivity contribution is 5.93. The lowest BCUT2D eigenvalue weighted by molar-refractivity contribution is 0.0955. The van der Waals surface area contributed by atoms with E-state index in [4.69, 9.17) is 0 Å². The molecule has 0 bridgehead atoms. The van der Waals surface area contributed by atoms with Crippen molar-refractivity contribution in [3.63, 3.8) is 0 Å². The third-order valence-electron chi connectivity index (χ3n) is 3.16. The molecule has 1 aromatic rings. The zero-order valence-corrected chi connectivity index (χ0v) is 10.6. The molecule has 0 saturated carbocycles. The molecule has 1 aliphatic rings. The Kier molecular flexibility index (Phi) is 3.97. The molecule has 0 aromatic carbocycles. The summed E-state index contributed by atoms with van der Waals surface area (Å²) in [5.74, 6) is -0.303. The van der Waals surface area contributed by atoms with Crippen molar-refractivity contribution < 1.29 is 4.79 Å². The summed E-state index contributed by atoms with van der Waals surface area (Å²) < 4.78 is 0. The minimum absolute atomic E-state index is 0.178. The van der Waals surface area contributed by atoms with E-state index in [1.54, 1.807) is 19.1 Å². The van der Waals surface area contributed by atoms with Crippen LogP contribution in [0.1, 0.15) is 41.7 Å². The number of nitrogens with one attached hydrogen (secondary N) is 2. The lowest BCUT2D eigenvalue weighted by Gasteiger charge is -2.13. The number of rotatable bonds is 3. The van der Waals surface area contributed by atoms with Crippen molar-refractivity contribution in [2.24, 2.45) is 0 Å². The number of carbonyl (C=O) groups is 1. The second-order valence-electron chi connectivity index (χ2n) is 4.67. The molecular formula is C14H18N2O2. The predicted octanol–water partition coefficient (Wildman–Crippen LogP) is 1.91. The van der Waals surface area contributed by atoms with Crippen LogP contribution in [0.25, 0.3) is 0 Å². The molecule has 2 N–H and O–H groups in total. The fourth-order valence-electron chi connectivity index (χ4n) is 2.11. The molecule has 0 unspecified atom stereocenters. The monoisotopic (exact) mass is 246 g/mol. The number of amides is 1. The van der Waals surface area contributed by atoms with Gasteiger partial charge in [-0.2, -0.15) is 0 Å². The number of carbonyl (C=O) groups excluding carboxylic acids is 1. The first kappa shape index (κ1) is 12.6. The largest absolute Gasteiger partial charge is 0.348 e. The Labute approximate surface area is 106 Å². The van der Waals surface area contributed by atoms with E-state index in [2.05, 4.69) is 16.4 Å². The van der Waals surface area contributed by atoms with Gasteiger partial charge in [-0.15, -0.1) is 0 Å². The number of aryl methyl sites for hydroxylation is 1. The number of hydrogen-bond acceptors (Lipinski definition) is 2. The summed E-state index contributed by atoms with van der Waals surface area (Å²) >= 11 is 0. The number of H-pyrrole nitrogens is 1. The van der Waals surface area contributed by atoms with Crippen molar-refractivity contribution in [2.45, 2.75) is 32.6 Å². The van der Waals surface area contributed by atoms with Gasteiger partial charge in [0, 0.05) is 12.2 Å². The van der Waals surface area contributed by atoms with E-state index in [1.807, 2.05) is 0 Å². The molecule has 1 amide bonds. The molecule has 0 radical (unpaired) electrons. The molecule has 4 nitrogen and oxygen atoms in total. The smallest absolute Gasteiger partial charge is 0.260 e. The zero-order chi connectivity index (χ0) is 13.0. The van der Waals surface area contributed by atoms with Crippen LogP contribution in [0.2, 0.25) is 0 Å². The summed E-state index contributed by atoms with van der Waals surface area (Å²) in [6.45, 7) is 2.34. The number of pyridine rings is 1. The third kappa shape index (κ3) is 3.09. The summed E-state index contributed by atoms with van der Waals surface area (Å²) in [4.78, 5) is 26.1. The van der Waals surface area contributed by atoms with Gasteiger partial charge in [0.25, 0.3) is 11.5 Å². The molecule has 0 atom stereocenters. The van der Waals surface area contributed by atoms with Crippen LogP contribution in [-0.4, -0.2) is 17.4 Å². The maximum atomic E-state index is 11.9. The average molecular weight is 246 g/mol. The Hall–Kier alpha value is -1.84. The van der Waals surface area contributed by atoms with Crippen LogP contribution in [0.4, 0.5) is 0 Å². The normalized spacial score (nSPS) is 15.1. The van der Waals surface area contributed by atoms with Gasteiger partial charge in [0.1, 0.15) is 5.56 Å². The van der Waals surface area contributed by atoms with E-state index in [0.29, 0.717) is 6.54 Å².